The molecule has 20 heavy (non-hydrogen) atoms. The van der Waals surface area contributed by atoms with E-state index in [1.165, 1.54) is 12.1 Å². The van der Waals surface area contributed by atoms with Gasteiger partial charge in [-0.05, 0) is 45.4 Å². The SMILES string of the molecule is C[C@@H](NC(=O)OC(C)(C)C)c1ccc(C(=O)O)cc1.Cl. The van der Waals surface area contributed by atoms with Crippen LogP contribution in [0.25, 0.3) is 0 Å². The molecule has 0 unspecified atom stereocenters. The summed E-state index contributed by atoms with van der Waals surface area (Å²) in [4.78, 5) is 22.3. The summed E-state index contributed by atoms with van der Waals surface area (Å²) in [6.07, 6.45) is -0.498. The number of alkyl carbamates (subject to hydrolysis) is 1. The number of rotatable bonds is 3. The van der Waals surface area contributed by atoms with Crippen molar-refractivity contribution < 1.29 is 19.4 Å². The molecule has 1 rings (SSSR count). The molecule has 1 aromatic rings. The van der Waals surface area contributed by atoms with Crippen LogP contribution in [0.5, 0.6) is 0 Å². The molecule has 0 bridgehead atoms. The molecule has 0 spiro atoms. The predicted octanol–water partition coefficient (Wildman–Crippen LogP) is 3.39. The fourth-order valence-electron chi connectivity index (χ4n) is 1.48. The molecule has 1 atom stereocenters. The van der Waals surface area contributed by atoms with Gasteiger partial charge in [-0.2, -0.15) is 0 Å². The van der Waals surface area contributed by atoms with E-state index in [1.54, 1.807) is 39.8 Å². The minimum atomic E-state index is -0.973. The maximum Gasteiger partial charge on any atom is 0.408 e. The van der Waals surface area contributed by atoms with Crippen LogP contribution in [0.4, 0.5) is 4.79 Å². The molecule has 0 aliphatic heterocycles. The number of carbonyl (C=O) groups is 2. The molecular weight excluding hydrogens is 282 g/mol. The zero-order valence-corrected chi connectivity index (χ0v) is 12.8. The Kier molecular flexibility index (Phi) is 6.52. The van der Waals surface area contributed by atoms with Gasteiger partial charge in [0, 0.05) is 0 Å². The summed E-state index contributed by atoms with van der Waals surface area (Å²) in [6.45, 7) is 7.18. The van der Waals surface area contributed by atoms with Gasteiger partial charge in [0.1, 0.15) is 5.60 Å². The van der Waals surface area contributed by atoms with Crippen molar-refractivity contribution in [1.82, 2.24) is 5.32 Å². The molecule has 0 aromatic heterocycles. The molecule has 0 saturated carbocycles. The number of ether oxygens (including phenoxy) is 1. The van der Waals surface area contributed by atoms with Crippen molar-refractivity contribution in [3.63, 3.8) is 0 Å². The van der Waals surface area contributed by atoms with Crippen molar-refractivity contribution in [1.29, 1.82) is 0 Å². The molecule has 2 N–H and O–H groups in total. The highest BCUT2D eigenvalue weighted by atomic mass is 35.5. The van der Waals surface area contributed by atoms with E-state index in [-0.39, 0.29) is 24.0 Å². The number of benzene rings is 1. The number of aromatic carboxylic acids is 1. The van der Waals surface area contributed by atoms with Gasteiger partial charge in [0.25, 0.3) is 0 Å². The Morgan fingerprint density at radius 2 is 1.70 bits per heavy atom. The van der Waals surface area contributed by atoms with E-state index in [1.807, 2.05) is 0 Å². The van der Waals surface area contributed by atoms with E-state index in [9.17, 15) is 9.59 Å². The maximum atomic E-state index is 11.6. The minimum Gasteiger partial charge on any atom is -0.478 e. The first-order valence-electron chi connectivity index (χ1n) is 6.02. The standard InChI is InChI=1S/C14H19NO4.ClH/c1-9(15-13(18)19-14(2,3)4)10-5-7-11(8-6-10)12(16)17;/h5-9H,1-4H3,(H,15,18)(H,16,17);1H/t9-;/m1./s1. The van der Waals surface area contributed by atoms with Crippen LogP contribution in [0.2, 0.25) is 0 Å². The van der Waals surface area contributed by atoms with E-state index in [0.29, 0.717) is 0 Å². The minimum absolute atomic E-state index is 0. The highest BCUT2D eigenvalue weighted by molar-refractivity contribution is 5.87. The van der Waals surface area contributed by atoms with Gasteiger partial charge in [0.05, 0.1) is 11.6 Å². The lowest BCUT2D eigenvalue weighted by Gasteiger charge is -2.22. The number of hydrogen-bond acceptors (Lipinski definition) is 3. The lowest BCUT2D eigenvalue weighted by Crippen LogP contribution is -2.34. The van der Waals surface area contributed by atoms with E-state index in [4.69, 9.17) is 9.84 Å². The molecule has 5 nitrogen and oxygen atoms in total. The van der Waals surface area contributed by atoms with Gasteiger partial charge in [-0.25, -0.2) is 9.59 Å². The van der Waals surface area contributed by atoms with Gasteiger partial charge in [0.15, 0.2) is 0 Å². The first-order valence-corrected chi connectivity index (χ1v) is 6.02. The van der Waals surface area contributed by atoms with Crippen molar-refractivity contribution in [3.8, 4) is 0 Å². The molecule has 0 aliphatic carbocycles. The Morgan fingerprint density at radius 1 is 1.20 bits per heavy atom. The van der Waals surface area contributed by atoms with Crippen LogP contribution in [0.15, 0.2) is 24.3 Å². The molecule has 0 radical (unpaired) electrons. The summed E-state index contributed by atoms with van der Waals surface area (Å²) in [5.41, 5.74) is 0.487. The van der Waals surface area contributed by atoms with E-state index < -0.39 is 17.7 Å². The maximum absolute atomic E-state index is 11.6. The summed E-state index contributed by atoms with van der Waals surface area (Å²) in [6, 6.07) is 6.10. The third kappa shape index (κ3) is 5.93. The second kappa shape index (κ2) is 7.14. The van der Waals surface area contributed by atoms with Crippen LogP contribution < -0.4 is 5.32 Å². The second-order valence-electron chi connectivity index (χ2n) is 5.30. The van der Waals surface area contributed by atoms with Gasteiger partial charge in [-0.3, -0.25) is 0 Å². The number of carboxylic acid groups (broad SMARTS) is 1. The average molecular weight is 302 g/mol. The van der Waals surface area contributed by atoms with E-state index in [0.717, 1.165) is 5.56 Å². The predicted molar refractivity (Wildman–Crippen MR) is 78.4 cm³/mol. The van der Waals surface area contributed by atoms with Gasteiger partial charge in [0.2, 0.25) is 0 Å². The summed E-state index contributed by atoms with van der Waals surface area (Å²) in [5.74, 6) is -0.973. The molecular formula is C14H20ClNO4. The van der Waals surface area contributed by atoms with Crippen molar-refractivity contribution in [2.45, 2.75) is 39.3 Å². The van der Waals surface area contributed by atoms with E-state index >= 15 is 0 Å². The van der Waals surface area contributed by atoms with Gasteiger partial charge in [-0.15, -0.1) is 12.4 Å². The molecule has 1 amide bonds. The van der Waals surface area contributed by atoms with E-state index in [2.05, 4.69) is 5.32 Å². The third-order valence-corrected chi connectivity index (χ3v) is 2.39. The summed E-state index contributed by atoms with van der Waals surface area (Å²) in [7, 11) is 0. The van der Waals surface area contributed by atoms with Gasteiger partial charge < -0.3 is 15.2 Å². The fraction of sp³-hybridized carbons (Fsp3) is 0.429. The quantitative estimate of drug-likeness (QED) is 0.897. The zero-order chi connectivity index (χ0) is 14.6. The number of hydrogen-bond donors (Lipinski definition) is 2. The molecule has 0 heterocycles. The largest absolute Gasteiger partial charge is 0.478 e. The number of halogens is 1. The Labute approximate surface area is 124 Å². The number of amides is 1. The number of carboxylic acids is 1. The highest BCUT2D eigenvalue weighted by Gasteiger charge is 2.18. The summed E-state index contributed by atoms with van der Waals surface area (Å²) >= 11 is 0. The van der Waals surface area contributed by atoms with Crippen LogP contribution in [-0.4, -0.2) is 22.8 Å². The molecule has 0 aliphatic rings. The molecule has 0 saturated heterocycles. The Hall–Kier alpha value is -1.75. The average Bonchev–Trinajstić information content (AvgIpc) is 2.26. The number of nitrogens with one attached hydrogen (secondary N) is 1. The molecule has 1 aromatic carbocycles. The Bertz CT molecular complexity index is 465. The molecule has 6 heteroatoms. The molecule has 112 valence electrons. The third-order valence-electron chi connectivity index (χ3n) is 2.39. The first-order chi connectivity index (χ1) is 8.69. The van der Waals surface area contributed by atoms with Gasteiger partial charge >= 0.3 is 12.1 Å². The normalized spacial score (nSPS) is 12.0. The molecule has 0 fully saturated rings. The van der Waals surface area contributed by atoms with Crippen molar-refractivity contribution in [2.75, 3.05) is 0 Å². The van der Waals surface area contributed by atoms with Crippen LogP contribution >= 0.6 is 12.4 Å². The second-order valence-corrected chi connectivity index (χ2v) is 5.30. The van der Waals surface area contributed by atoms with Crippen LogP contribution in [-0.2, 0) is 4.74 Å². The highest BCUT2D eigenvalue weighted by Crippen LogP contribution is 2.15. The van der Waals surface area contributed by atoms with Crippen LogP contribution in [0.1, 0.15) is 49.7 Å². The summed E-state index contributed by atoms with van der Waals surface area (Å²) in [5, 5.41) is 11.5. The lowest BCUT2D eigenvalue weighted by atomic mass is 10.1. The van der Waals surface area contributed by atoms with Gasteiger partial charge in [-0.1, -0.05) is 12.1 Å². The smallest absolute Gasteiger partial charge is 0.408 e. The van der Waals surface area contributed by atoms with Crippen molar-refractivity contribution in [2.24, 2.45) is 0 Å². The monoisotopic (exact) mass is 301 g/mol. The number of carbonyl (C=O) groups excluding carboxylic acids is 1. The van der Waals surface area contributed by atoms with Crippen molar-refractivity contribution >= 4 is 24.5 Å². The van der Waals surface area contributed by atoms with Crippen LogP contribution in [0.3, 0.4) is 0 Å². The van der Waals surface area contributed by atoms with Crippen molar-refractivity contribution in [3.05, 3.63) is 35.4 Å². The van der Waals surface area contributed by atoms with Crippen LogP contribution in [0, 0.1) is 0 Å². The topological polar surface area (TPSA) is 75.6 Å². The Morgan fingerprint density at radius 3 is 2.10 bits per heavy atom. The Balaban J connectivity index is 0.00000361. The summed E-state index contributed by atoms with van der Waals surface area (Å²) < 4.78 is 5.15. The lowest BCUT2D eigenvalue weighted by molar-refractivity contribution is 0.0507. The first kappa shape index (κ1) is 18.2. The zero-order valence-electron chi connectivity index (χ0n) is 12.0. The fourth-order valence-corrected chi connectivity index (χ4v) is 1.48.